The van der Waals surface area contributed by atoms with E-state index in [0.29, 0.717) is 12.2 Å². The molecule has 1 unspecified atom stereocenters. The molecule has 0 fully saturated rings. The summed E-state index contributed by atoms with van der Waals surface area (Å²) < 4.78 is 0. The molecule has 0 amide bonds. The van der Waals surface area contributed by atoms with E-state index in [0.717, 1.165) is 6.42 Å². The highest BCUT2D eigenvalue weighted by molar-refractivity contribution is 5.67. The minimum absolute atomic E-state index is 0.0256. The Kier molecular flexibility index (Phi) is 5.04. The first-order valence-corrected chi connectivity index (χ1v) is 5.59. The number of hydrogen-bond acceptors (Lipinski definition) is 5. The first-order valence-electron chi connectivity index (χ1n) is 5.59. The van der Waals surface area contributed by atoms with Gasteiger partial charge in [0, 0.05) is 19.0 Å². The number of carboxylic acid groups (broad SMARTS) is 1. The zero-order valence-electron chi connectivity index (χ0n) is 10.00. The molecule has 98 valence electrons. The third-order valence-electron chi connectivity index (χ3n) is 2.57. The van der Waals surface area contributed by atoms with Crippen molar-refractivity contribution >= 4 is 17.5 Å². The number of pyridine rings is 1. The van der Waals surface area contributed by atoms with Gasteiger partial charge in [0.05, 0.1) is 5.69 Å². The van der Waals surface area contributed by atoms with Crippen molar-refractivity contribution in [3.8, 4) is 0 Å². The van der Waals surface area contributed by atoms with Crippen LogP contribution in [0.25, 0.3) is 0 Å². The van der Waals surface area contributed by atoms with Gasteiger partial charge in [0.2, 0.25) is 0 Å². The van der Waals surface area contributed by atoms with Gasteiger partial charge in [-0.1, -0.05) is 13.3 Å². The predicted molar refractivity (Wildman–Crippen MR) is 65.4 cm³/mol. The summed E-state index contributed by atoms with van der Waals surface area (Å²) in [4.78, 5) is 24.1. The Morgan fingerprint density at radius 1 is 1.61 bits per heavy atom. The molecule has 1 atom stereocenters. The van der Waals surface area contributed by atoms with Crippen molar-refractivity contribution < 1.29 is 14.8 Å². The highest BCUT2D eigenvalue weighted by Crippen LogP contribution is 2.14. The second-order valence-electron chi connectivity index (χ2n) is 3.92. The number of rotatable bonds is 7. The van der Waals surface area contributed by atoms with Gasteiger partial charge in [0.25, 0.3) is 0 Å². The Balaban J connectivity index is 2.52. The zero-order valence-corrected chi connectivity index (χ0v) is 10.00. The lowest BCUT2D eigenvalue weighted by Gasteiger charge is -2.13. The highest BCUT2D eigenvalue weighted by atomic mass is 16.6. The Morgan fingerprint density at radius 3 is 2.78 bits per heavy atom. The molecule has 0 aliphatic carbocycles. The molecule has 7 nitrogen and oxygen atoms in total. The van der Waals surface area contributed by atoms with Crippen LogP contribution in [-0.4, -0.2) is 27.5 Å². The minimum atomic E-state index is -0.828. The number of nitro groups is 1. The van der Waals surface area contributed by atoms with Crippen molar-refractivity contribution in [2.75, 3.05) is 11.9 Å². The second-order valence-corrected chi connectivity index (χ2v) is 3.92. The number of nitrogens with one attached hydrogen (secondary N) is 1. The highest BCUT2D eigenvalue weighted by Gasteiger charge is 2.12. The Hall–Kier alpha value is -2.18. The van der Waals surface area contributed by atoms with Crippen LogP contribution in [-0.2, 0) is 4.79 Å². The number of anilines is 1. The van der Waals surface area contributed by atoms with Gasteiger partial charge < -0.3 is 20.5 Å². The van der Waals surface area contributed by atoms with Crippen LogP contribution in [0.3, 0.4) is 0 Å². The third-order valence-corrected chi connectivity index (χ3v) is 2.57. The zero-order chi connectivity index (χ0) is 13.5. The summed E-state index contributed by atoms with van der Waals surface area (Å²) in [5.41, 5.74) is 0.643. The maximum atomic E-state index is 10.6. The molecule has 0 saturated carbocycles. The summed E-state index contributed by atoms with van der Waals surface area (Å²) >= 11 is 0. The molecule has 0 bridgehead atoms. The summed E-state index contributed by atoms with van der Waals surface area (Å²) in [5.74, 6) is -1.01. The molecule has 0 saturated heterocycles. The number of carbonyl (C=O) groups is 1. The van der Waals surface area contributed by atoms with E-state index in [-0.39, 0.29) is 18.2 Å². The first kappa shape index (κ1) is 13.9. The second kappa shape index (κ2) is 6.53. The number of aliphatic carboxylic acids is 1. The lowest BCUT2D eigenvalue weighted by molar-refractivity contribution is -0.389. The van der Waals surface area contributed by atoms with Crippen LogP contribution in [0.2, 0.25) is 0 Å². The van der Waals surface area contributed by atoms with Crippen LogP contribution in [0.1, 0.15) is 19.8 Å². The van der Waals surface area contributed by atoms with E-state index < -0.39 is 10.9 Å². The maximum Gasteiger partial charge on any atom is 0.363 e. The van der Waals surface area contributed by atoms with E-state index in [4.69, 9.17) is 5.11 Å². The van der Waals surface area contributed by atoms with E-state index in [2.05, 4.69) is 10.3 Å². The molecular weight excluding hydrogens is 238 g/mol. The van der Waals surface area contributed by atoms with Gasteiger partial charge >= 0.3 is 11.8 Å². The van der Waals surface area contributed by atoms with Crippen molar-refractivity contribution in [3.63, 3.8) is 0 Å². The SMILES string of the molecule is CCC(CNc1ccc([N+](=O)[O-])nc1)CC(=O)O. The van der Waals surface area contributed by atoms with Gasteiger partial charge in [-0.25, -0.2) is 0 Å². The predicted octanol–water partition coefficient (Wildman–Crippen LogP) is 1.90. The molecule has 0 aliphatic heterocycles. The maximum absolute atomic E-state index is 10.6. The third kappa shape index (κ3) is 4.36. The van der Waals surface area contributed by atoms with E-state index >= 15 is 0 Å². The van der Waals surface area contributed by atoms with Crippen LogP contribution in [0.5, 0.6) is 0 Å². The fourth-order valence-corrected chi connectivity index (χ4v) is 1.47. The molecule has 0 spiro atoms. The molecule has 7 heteroatoms. The topological polar surface area (TPSA) is 105 Å². The van der Waals surface area contributed by atoms with Crippen LogP contribution >= 0.6 is 0 Å². The summed E-state index contributed by atoms with van der Waals surface area (Å²) in [6, 6.07) is 2.86. The molecule has 18 heavy (non-hydrogen) atoms. The molecule has 1 heterocycles. The van der Waals surface area contributed by atoms with Crippen LogP contribution < -0.4 is 5.32 Å². The van der Waals surface area contributed by atoms with E-state index in [1.54, 1.807) is 6.07 Å². The Bertz CT molecular complexity index is 419. The first-order chi connectivity index (χ1) is 8.52. The van der Waals surface area contributed by atoms with Gasteiger partial charge in [0.1, 0.15) is 0 Å². The quantitative estimate of drug-likeness (QED) is 0.568. The normalized spacial score (nSPS) is 11.8. The smallest absolute Gasteiger partial charge is 0.363 e. The van der Waals surface area contributed by atoms with E-state index in [1.807, 2.05) is 6.92 Å². The molecule has 0 aliphatic rings. The van der Waals surface area contributed by atoms with Crippen LogP contribution in [0.15, 0.2) is 18.3 Å². The van der Waals surface area contributed by atoms with Crippen LogP contribution in [0, 0.1) is 16.0 Å². The molecule has 0 aromatic carbocycles. The fourth-order valence-electron chi connectivity index (χ4n) is 1.47. The summed E-state index contributed by atoms with van der Waals surface area (Å²) in [6.45, 7) is 2.42. The largest absolute Gasteiger partial charge is 0.481 e. The van der Waals surface area contributed by atoms with Crippen molar-refractivity contribution in [1.82, 2.24) is 4.98 Å². The lowest BCUT2D eigenvalue weighted by atomic mass is 10.0. The molecule has 1 aromatic heterocycles. The molecule has 1 rings (SSSR count). The minimum Gasteiger partial charge on any atom is -0.481 e. The monoisotopic (exact) mass is 253 g/mol. The molecule has 1 aromatic rings. The standard InChI is InChI=1S/C11H15N3O4/c1-2-8(5-11(15)16)6-12-9-3-4-10(13-7-9)14(17)18/h3-4,7-8,12H,2,5-6H2,1H3,(H,15,16). The molecular formula is C11H15N3O4. The van der Waals surface area contributed by atoms with E-state index in [9.17, 15) is 14.9 Å². The number of nitrogens with zero attached hydrogens (tertiary/aromatic N) is 2. The van der Waals surface area contributed by atoms with Gasteiger partial charge in [-0.05, 0) is 21.9 Å². The summed E-state index contributed by atoms with van der Waals surface area (Å²) in [6.07, 6.45) is 2.22. The average Bonchev–Trinajstić information content (AvgIpc) is 2.34. The van der Waals surface area contributed by atoms with Gasteiger partial charge in [-0.2, -0.15) is 0 Å². The fraction of sp³-hybridized carbons (Fsp3) is 0.455. The van der Waals surface area contributed by atoms with Gasteiger partial charge in [-0.15, -0.1) is 0 Å². The summed E-state index contributed by atoms with van der Waals surface area (Å²) in [7, 11) is 0. The summed E-state index contributed by atoms with van der Waals surface area (Å²) in [5, 5.41) is 22.1. The Morgan fingerprint density at radius 2 is 2.33 bits per heavy atom. The molecule has 0 radical (unpaired) electrons. The Labute approximate surface area is 104 Å². The van der Waals surface area contributed by atoms with E-state index in [1.165, 1.54) is 12.3 Å². The van der Waals surface area contributed by atoms with Gasteiger partial charge in [0.15, 0.2) is 6.20 Å². The number of aromatic nitrogens is 1. The van der Waals surface area contributed by atoms with Crippen molar-refractivity contribution in [3.05, 3.63) is 28.4 Å². The number of carboxylic acids is 1. The van der Waals surface area contributed by atoms with Crippen molar-refractivity contribution in [2.24, 2.45) is 5.92 Å². The van der Waals surface area contributed by atoms with Crippen LogP contribution in [0.4, 0.5) is 11.5 Å². The van der Waals surface area contributed by atoms with Crippen molar-refractivity contribution in [1.29, 1.82) is 0 Å². The number of hydrogen-bond donors (Lipinski definition) is 2. The molecule has 2 N–H and O–H groups in total. The van der Waals surface area contributed by atoms with Gasteiger partial charge in [-0.3, -0.25) is 4.79 Å². The lowest BCUT2D eigenvalue weighted by Crippen LogP contribution is -2.17. The van der Waals surface area contributed by atoms with Crippen molar-refractivity contribution in [2.45, 2.75) is 19.8 Å². The average molecular weight is 253 g/mol.